The zero-order chi connectivity index (χ0) is 17.2. The Bertz CT molecular complexity index is 1100. The van der Waals surface area contributed by atoms with Crippen LogP contribution in [0.15, 0.2) is 65.7 Å². The first-order valence-corrected chi connectivity index (χ1v) is 7.83. The monoisotopic (exact) mass is 334 g/mol. The molecule has 0 saturated carbocycles. The molecule has 2 heterocycles. The molecule has 0 fully saturated rings. The van der Waals surface area contributed by atoms with Gasteiger partial charge in [0.25, 0.3) is 0 Å². The third-order valence-electron chi connectivity index (χ3n) is 3.97. The summed E-state index contributed by atoms with van der Waals surface area (Å²) in [6, 6.07) is 14.1. The van der Waals surface area contributed by atoms with Gasteiger partial charge in [0, 0.05) is 24.5 Å². The highest BCUT2D eigenvalue weighted by Gasteiger charge is 2.04. The molecule has 0 aliphatic heterocycles. The minimum absolute atomic E-state index is 0.226. The topological polar surface area (TPSA) is 73.6 Å². The summed E-state index contributed by atoms with van der Waals surface area (Å²) in [5.41, 5.74) is 4.86. The van der Waals surface area contributed by atoms with E-state index in [1.54, 1.807) is 18.5 Å². The van der Waals surface area contributed by atoms with Crippen LogP contribution in [0.25, 0.3) is 22.2 Å². The molecule has 0 aliphatic rings. The lowest BCUT2D eigenvalue weighted by molar-refractivity contribution is 0.626. The number of rotatable bonds is 4. The molecule has 0 saturated heterocycles. The highest BCUT2D eigenvalue weighted by molar-refractivity contribution is 5.81. The van der Waals surface area contributed by atoms with Crippen molar-refractivity contribution in [2.45, 2.75) is 6.54 Å². The Balaban J connectivity index is 1.58. The van der Waals surface area contributed by atoms with Crippen LogP contribution >= 0.6 is 0 Å². The smallest absolute Gasteiger partial charge is 0.323 e. The maximum atomic E-state index is 13.2. The summed E-state index contributed by atoms with van der Waals surface area (Å²) < 4.78 is 13.2. The average Bonchev–Trinajstić information content (AvgIpc) is 2.99. The molecule has 3 N–H and O–H groups in total. The number of aromatic amines is 2. The van der Waals surface area contributed by atoms with Gasteiger partial charge in [0.2, 0.25) is 0 Å². The quantitative estimate of drug-likeness (QED) is 0.533. The number of anilines is 1. The van der Waals surface area contributed by atoms with Gasteiger partial charge in [-0.15, -0.1) is 0 Å². The summed E-state index contributed by atoms with van der Waals surface area (Å²) >= 11 is 0. The SMILES string of the molecule is O=c1[nH]c2ccc(-c3cncc(NCc4cccc(F)c4)c3)cc2[nH]1. The number of fused-ring (bicyclic) bond motifs is 1. The highest BCUT2D eigenvalue weighted by atomic mass is 19.1. The van der Waals surface area contributed by atoms with Crippen LogP contribution in [0.5, 0.6) is 0 Å². The van der Waals surface area contributed by atoms with Gasteiger partial charge in [-0.3, -0.25) is 4.98 Å². The molecule has 124 valence electrons. The van der Waals surface area contributed by atoms with E-state index in [2.05, 4.69) is 20.3 Å². The summed E-state index contributed by atoms with van der Waals surface area (Å²) in [7, 11) is 0. The zero-order valence-corrected chi connectivity index (χ0v) is 13.2. The number of nitrogens with one attached hydrogen (secondary N) is 3. The van der Waals surface area contributed by atoms with Crippen LogP contribution in [0.1, 0.15) is 5.56 Å². The average molecular weight is 334 g/mol. The Kier molecular flexibility index (Phi) is 3.78. The van der Waals surface area contributed by atoms with Gasteiger partial charge >= 0.3 is 5.69 Å². The first-order chi connectivity index (χ1) is 12.2. The number of benzene rings is 2. The van der Waals surface area contributed by atoms with Gasteiger partial charge < -0.3 is 15.3 Å². The second-order valence-electron chi connectivity index (χ2n) is 5.79. The molecule has 4 aromatic rings. The molecule has 5 nitrogen and oxygen atoms in total. The van der Waals surface area contributed by atoms with E-state index in [1.165, 1.54) is 12.1 Å². The van der Waals surface area contributed by atoms with Crippen LogP contribution in [0, 0.1) is 5.82 Å². The van der Waals surface area contributed by atoms with Gasteiger partial charge in [0.05, 0.1) is 16.7 Å². The van der Waals surface area contributed by atoms with E-state index in [-0.39, 0.29) is 11.5 Å². The second kappa shape index (κ2) is 6.24. The van der Waals surface area contributed by atoms with E-state index < -0.39 is 0 Å². The van der Waals surface area contributed by atoms with Gasteiger partial charge in [0.1, 0.15) is 5.82 Å². The fourth-order valence-corrected chi connectivity index (χ4v) is 2.76. The van der Waals surface area contributed by atoms with Crippen molar-refractivity contribution in [2.24, 2.45) is 0 Å². The molecule has 2 aromatic carbocycles. The number of nitrogens with zero attached hydrogens (tertiary/aromatic N) is 1. The lowest BCUT2D eigenvalue weighted by atomic mass is 10.1. The number of hydrogen-bond donors (Lipinski definition) is 3. The van der Waals surface area contributed by atoms with Crippen LogP contribution in [0.4, 0.5) is 10.1 Å². The predicted octanol–water partition coefficient (Wildman–Crippen LogP) is 3.67. The number of H-pyrrole nitrogens is 2. The van der Waals surface area contributed by atoms with E-state index in [1.807, 2.05) is 30.3 Å². The molecule has 0 unspecified atom stereocenters. The first kappa shape index (κ1) is 15.1. The normalized spacial score (nSPS) is 10.9. The standard InChI is InChI=1S/C19H15FN4O/c20-15-3-1-2-12(6-15)9-22-16-7-14(10-21-11-16)13-4-5-17-18(8-13)24-19(25)23-17/h1-8,10-11,22H,9H2,(H2,23,24,25). The second-order valence-corrected chi connectivity index (χ2v) is 5.79. The molecule has 0 atom stereocenters. The molecule has 0 aliphatic carbocycles. The fourth-order valence-electron chi connectivity index (χ4n) is 2.76. The largest absolute Gasteiger partial charge is 0.380 e. The Morgan fingerprint density at radius 3 is 2.72 bits per heavy atom. The molecule has 0 bridgehead atoms. The number of pyridine rings is 1. The summed E-state index contributed by atoms with van der Waals surface area (Å²) in [5, 5.41) is 3.25. The Labute approximate surface area is 142 Å². The van der Waals surface area contributed by atoms with E-state index in [0.29, 0.717) is 6.54 Å². The van der Waals surface area contributed by atoms with E-state index in [9.17, 15) is 9.18 Å². The molecule has 2 aromatic heterocycles. The van der Waals surface area contributed by atoms with Crippen molar-refractivity contribution >= 4 is 16.7 Å². The molecular weight excluding hydrogens is 319 g/mol. The van der Waals surface area contributed by atoms with Crippen molar-refractivity contribution in [2.75, 3.05) is 5.32 Å². The minimum Gasteiger partial charge on any atom is -0.380 e. The minimum atomic E-state index is -0.250. The lowest BCUT2D eigenvalue weighted by Crippen LogP contribution is -2.00. The Morgan fingerprint density at radius 1 is 0.960 bits per heavy atom. The van der Waals surface area contributed by atoms with Crippen LogP contribution < -0.4 is 11.0 Å². The van der Waals surface area contributed by atoms with Gasteiger partial charge in [-0.2, -0.15) is 0 Å². The molecule has 0 amide bonds. The number of imidazole rings is 1. The maximum Gasteiger partial charge on any atom is 0.323 e. The van der Waals surface area contributed by atoms with Crippen LogP contribution in [0.2, 0.25) is 0 Å². The fraction of sp³-hybridized carbons (Fsp3) is 0.0526. The van der Waals surface area contributed by atoms with Crippen molar-refractivity contribution < 1.29 is 4.39 Å². The van der Waals surface area contributed by atoms with Crippen LogP contribution in [-0.2, 0) is 6.54 Å². The van der Waals surface area contributed by atoms with E-state index in [0.717, 1.165) is 33.4 Å². The van der Waals surface area contributed by atoms with E-state index in [4.69, 9.17) is 0 Å². The summed E-state index contributed by atoms with van der Waals surface area (Å²) in [5.74, 6) is -0.250. The van der Waals surface area contributed by atoms with E-state index >= 15 is 0 Å². The summed E-state index contributed by atoms with van der Waals surface area (Å²) in [6.07, 6.45) is 3.48. The molecule has 0 spiro atoms. The summed E-state index contributed by atoms with van der Waals surface area (Å²) in [6.45, 7) is 0.507. The molecule has 0 radical (unpaired) electrons. The maximum absolute atomic E-state index is 13.2. The lowest BCUT2D eigenvalue weighted by Gasteiger charge is -2.08. The van der Waals surface area contributed by atoms with Crippen molar-refractivity contribution in [3.63, 3.8) is 0 Å². The van der Waals surface area contributed by atoms with Gasteiger partial charge in [-0.1, -0.05) is 18.2 Å². The number of aromatic nitrogens is 3. The van der Waals surface area contributed by atoms with Crippen LogP contribution in [0.3, 0.4) is 0 Å². The third-order valence-corrected chi connectivity index (χ3v) is 3.97. The number of halogens is 1. The van der Waals surface area contributed by atoms with Crippen molar-refractivity contribution in [1.29, 1.82) is 0 Å². The van der Waals surface area contributed by atoms with Gasteiger partial charge in [0.15, 0.2) is 0 Å². The third kappa shape index (κ3) is 3.28. The van der Waals surface area contributed by atoms with Gasteiger partial charge in [-0.05, 0) is 41.5 Å². The Morgan fingerprint density at radius 2 is 1.84 bits per heavy atom. The van der Waals surface area contributed by atoms with Crippen molar-refractivity contribution in [1.82, 2.24) is 15.0 Å². The molecular formula is C19H15FN4O. The van der Waals surface area contributed by atoms with Crippen molar-refractivity contribution in [3.8, 4) is 11.1 Å². The van der Waals surface area contributed by atoms with Gasteiger partial charge in [-0.25, -0.2) is 9.18 Å². The first-order valence-electron chi connectivity index (χ1n) is 7.83. The van der Waals surface area contributed by atoms with Crippen molar-refractivity contribution in [3.05, 3.63) is 82.8 Å². The molecule has 25 heavy (non-hydrogen) atoms. The summed E-state index contributed by atoms with van der Waals surface area (Å²) in [4.78, 5) is 21.1. The predicted molar refractivity (Wildman–Crippen MR) is 95.9 cm³/mol. The Hall–Kier alpha value is -3.41. The highest BCUT2D eigenvalue weighted by Crippen LogP contribution is 2.24. The molecule has 4 rings (SSSR count). The van der Waals surface area contributed by atoms with Crippen LogP contribution in [-0.4, -0.2) is 15.0 Å². The number of hydrogen-bond acceptors (Lipinski definition) is 3. The zero-order valence-electron chi connectivity index (χ0n) is 13.2. The molecule has 6 heteroatoms.